The fourth-order valence-electron chi connectivity index (χ4n) is 1.16. The lowest BCUT2D eigenvalue weighted by Crippen LogP contribution is -2.35. The molecule has 16 heavy (non-hydrogen) atoms. The monoisotopic (exact) mass is 243 g/mol. The second-order valence-electron chi connectivity index (χ2n) is 3.71. The summed E-state index contributed by atoms with van der Waals surface area (Å²) in [6, 6.07) is 4.20. The highest BCUT2D eigenvalue weighted by Crippen LogP contribution is 2.28. The van der Waals surface area contributed by atoms with Crippen LogP contribution in [0.15, 0.2) is 18.2 Å². The molecule has 88 valence electrons. The van der Waals surface area contributed by atoms with Crippen LogP contribution in [0.25, 0.3) is 0 Å². The van der Waals surface area contributed by atoms with Crippen LogP contribution >= 0.6 is 11.6 Å². The SMILES string of the molecule is CC(N)C(C)Nc1cc(Cl)ccc1[N+](=O)[O-]. The van der Waals surface area contributed by atoms with Gasteiger partial charge in [-0.1, -0.05) is 11.6 Å². The molecule has 0 bridgehead atoms. The molecule has 0 aromatic heterocycles. The minimum atomic E-state index is -0.452. The van der Waals surface area contributed by atoms with E-state index in [0.29, 0.717) is 10.7 Å². The lowest BCUT2D eigenvalue weighted by atomic mass is 10.1. The molecule has 2 unspecified atom stereocenters. The van der Waals surface area contributed by atoms with Gasteiger partial charge in [-0.05, 0) is 26.0 Å². The Hall–Kier alpha value is -1.33. The van der Waals surface area contributed by atoms with Crippen LogP contribution in [-0.4, -0.2) is 17.0 Å². The number of nitro benzene ring substituents is 1. The van der Waals surface area contributed by atoms with Crippen molar-refractivity contribution in [3.8, 4) is 0 Å². The van der Waals surface area contributed by atoms with Crippen LogP contribution in [0.4, 0.5) is 11.4 Å². The highest BCUT2D eigenvalue weighted by atomic mass is 35.5. The molecule has 0 fully saturated rings. The lowest BCUT2D eigenvalue weighted by Gasteiger charge is -2.18. The summed E-state index contributed by atoms with van der Waals surface area (Å²) in [5, 5.41) is 14.2. The normalized spacial score (nSPS) is 14.2. The van der Waals surface area contributed by atoms with E-state index in [9.17, 15) is 10.1 Å². The third kappa shape index (κ3) is 3.08. The number of halogens is 1. The van der Waals surface area contributed by atoms with Crippen molar-refractivity contribution < 1.29 is 4.92 Å². The van der Waals surface area contributed by atoms with Gasteiger partial charge >= 0.3 is 0 Å². The van der Waals surface area contributed by atoms with Gasteiger partial charge in [0.2, 0.25) is 0 Å². The molecule has 0 aliphatic heterocycles. The smallest absolute Gasteiger partial charge is 0.292 e. The van der Waals surface area contributed by atoms with E-state index >= 15 is 0 Å². The Bertz CT molecular complexity index is 396. The van der Waals surface area contributed by atoms with Gasteiger partial charge in [0.1, 0.15) is 5.69 Å². The van der Waals surface area contributed by atoms with Gasteiger partial charge in [0.15, 0.2) is 0 Å². The van der Waals surface area contributed by atoms with Crippen LogP contribution in [0.5, 0.6) is 0 Å². The molecule has 1 aromatic carbocycles. The molecule has 0 saturated carbocycles. The average molecular weight is 244 g/mol. The van der Waals surface area contributed by atoms with E-state index in [1.54, 1.807) is 0 Å². The van der Waals surface area contributed by atoms with E-state index in [0.717, 1.165) is 0 Å². The molecular weight excluding hydrogens is 230 g/mol. The molecule has 6 heteroatoms. The zero-order valence-corrected chi connectivity index (χ0v) is 9.86. The van der Waals surface area contributed by atoms with Crippen molar-refractivity contribution in [3.05, 3.63) is 33.3 Å². The van der Waals surface area contributed by atoms with E-state index in [1.807, 2.05) is 13.8 Å². The van der Waals surface area contributed by atoms with Crippen molar-refractivity contribution in [2.75, 3.05) is 5.32 Å². The van der Waals surface area contributed by atoms with Gasteiger partial charge < -0.3 is 11.1 Å². The second kappa shape index (κ2) is 5.14. The van der Waals surface area contributed by atoms with Crippen LogP contribution in [0.3, 0.4) is 0 Å². The zero-order valence-electron chi connectivity index (χ0n) is 9.11. The number of rotatable bonds is 4. The van der Waals surface area contributed by atoms with Gasteiger partial charge in [0.25, 0.3) is 5.69 Å². The summed E-state index contributed by atoms with van der Waals surface area (Å²) in [5.41, 5.74) is 6.07. The number of nitrogens with two attached hydrogens (primary N) is 1. The largest absolute Gasteiger partial charge is 0.375 e. The van der Waals surface area contributed by atoms with E-state index in [4.69, 9.17) is 17.3 Å². The maximum atomic E-state index is 10.8. The molecule has 0 spiro atoms. The standard InChI is InChI=1S/C10H14ClN3O2/c1-6(12)7(2)13-9-5-8(11)3-4-10(9)14(15)16/h3-7,13H,12H2,1-2H3. The number of hydrogen-bond donors (Lipinski definition) is 2. The molecule has 5 nitrogen and oxygen atoms in total. The fraction of sp³-hybridized carbons (Fsp3) is 0.400. The minimum absolute atomic E-state index is 0.00287. The summed E-state index contributed by atoms with van der Waals surface area (Å²) in [7, 11) is 0. The van der Waals surface area contributed by atoms with Gasteiger partial charge in [-0.2, -0.15) is 0 Å². The maximum Gasteiger partial charge on any atom is 0.292 e. The third-order valence-electron chi connectivity index (χ3n) is 2.33. The Kier molecular flexibility index (Phi) is 4.09. The Labute approximate surface area is 98.7 Å². The molecule has 1 rings (SSSR count). The van der Waals surface area contributed by atoms with Crippen molar-refractivity contribution in [2.24, 2.45) is 5.73 Å². The number of nitro groups is 1. The summed E-state index contributed by atoms with van der Waals surface area (Å²) >= 11 is 5.79. The topological polar surface area (TPSA) is 81.2 Å². The predicted octanol–water partition coefficient (Wildman–Crippen LogP) is 2.40. The first-order chi connectivity index (χ1) is 7.41. The van der Waals surface area contributed by atoms with Crippen LogP contribution in [0, 0.1) is 10.1 Å². The predicted molar refractivity (Wildman–Crippen MR) is 64.8 cm³/mol. The van der Waals surface area contributed by atoms with Crippen LogP contribution in [0.2, 0.25) is 5.02 Å². The number of hydrogen-bond acceptors (Lipinski definition) is 4. The molecule has 0 aliphatic rings. The number of benzene rings is 1. The molecule has 0 amide bonds. The summed E-state index contributed by atoms with van der Waals surface area (Å²) in [6.45, 7) is 3.68. The third-order valence-corrected chi connectivity index (χ3v) is 2.56. The van der Waals surface area contributed by atoms with Crippen molar-refractivity contribution >= 4 is 23.0 Å². The molecule has 2 atom stereocenters. The Morgan fingerprint density at radius 3 is 2.62 bits per heavy atom. The number of anilines is 1. The van der Waals surface area contributed by atoms with Gasteiger partial charge in [-0.15, -0.1) is 0 Å². The van der Waals surface area contributed by atoms with E-state index in [-0.39, 0.29) is 17.8 Å². The van der Waals surface area contributed by atoms with Crippen molar-refractivity contribution in [3.63, 3.8) is 0 Å². The molecule has 1 aromatic rings. The lowest BCUT2D eigenvalue weighted by molar-refractivity contribution is -0.384. The van der Waals surface area contributed by atoms with E-state index in [1.165, 1.54) is 18.2 Å². The van der Waals surface area contributed by atoms with Crippen molar-refractivity contribution in [1.29, 1.82) is 0 Å². The molecule has 3 N–H and O–H groups in total. The van der Waals surface area contributed by atoms with Gasteiger partial charge in [-0.3, -0.25) is 10.1 Å². The molecule has 0 heterocycles. The molecule has 0 radical (unpaired) electrons. The molecular formula is C10H14ClN3O2. The van der Waals surface area contributed by atoms with Crippen LogP contribution in [-0.2, 0) is 0 Å². The summed E-state index contributed by atoms with van der Waals surface area (Å²) in [5.74, 6) is 0. The van der Waals surface area contributed by atoms with Gasteiger partial charge in [0, 0.05) is 23.2 Å². The minimum Gasteiger partial charge on any atom is -0.375 e. The number of nitrogens with zero attached hydrogens (tertiary/aromatic N) is 1. The zero-order chi connectivity index (χ0) is 12.3. The number of nitrogens with one attached hydrogen (secondary N) is 1. The quantitative estimate of drug-likeness (QED) is 0.629. The second-order valence-corrected chi connectivity index (χ2v) is 4.15. The van der Waals surface area contributed by atoms with Gasteiger partial charge in [0.05, 0.1) is 4.92 Å². The van der Waals surface area contributed by atoms with Crippen LogP contribution < -0.4 is 11.1 Å². The Morgan fingerprint density at radius 1 is 1.50 bits per heavy atom. The molecule has 0 saturated heterocycles. The first-order valence-corrected chi connectivity index (χ1v) is 5.25. The Morgan fingerprint density at radius 2 is 2.12 bits per heavy atom. The summed E-state index contributed by atoms with van der Waals surface area (Å²) in [6.07, 6.45) is 0. The van der Waals surface area contributed by atoms with Gasteiger partial charge in [-0.25, -0.2) is 0 Å². The average Bonchev–Trinajstić information content (AvgIpc) is 2.16. The highest BCUT2D eigenvalue weighted by Gasteiger charge is 2.16. The highest BCUT2D eigenvalue weighted by molar-refractivity contribution is 6.31. The van der Waals surface area contributed by atoms with E-state index < -0.39 is 4.92 Å². The Balaban J connectivity index is 3.01. The molecule has 0 aliphatic carbocycles. The van der Waals surface area contributed by atoms with E-state index in [2.05, 4.69) is 5.32 Å². The summed E-state index contributed by atoms with van der Waals surface area (Å²) in [4.78, 5) is 10.3. The van der Waals surface area contributed by atoms with Crippen LogP contribution in [0.1, 0.15) is 13.8 Å². The van der Waals surface area contributed by atoms with Crippen molar-refractivity contribution in [1.82, 2.24) is 0 Å². The first kappa shape index (κ1) is 12.7. The summed E-state index contributed by atoms with van der Waals surface area (Å²) < 4.78 is 0. The fourth-order valence-corrected chi connectivity index (χ4v) is 1.33. The van der Waals surface area contributed by atoms with Crippen molar-refractivity contribution in [2.45, 2.75) is 25.9 Å². The maximum absolute atomic E-state index is 10.8. The first-order valence-electron chi connectivity index (χ1n) is 4.88.